The number of nitrogens with zero attached hydrogens (tertiary/aromatic N) is 1. The average molecular weight is 290 g/mol. The molecular formula is C15H18N2O4. The van der Waals surface area contributed by atoms with E-state index in [2.05, 4.69) is 5.32 Å². The van der Waals surface area contributed by atoms with Gasteiger partial charge in [0, 0.05) is 26.1 Å². The predicted octanol–water partition coefficient (Wildman–Crippen LogP) is 0.265. The van der Waals surface area contributed by atoms with E-state index >= 15 is 0 Å². The molecule has 2 unspecified atom stereocenters. The van der Waals surface area contributed by atoms with Gasteiger partial charge in [-0.05, 0) is 11.6 Å². The van der Waals surface area contributed by atoms with E-state index in [0.717, 1.165) is 12.2 Å². The first-order valence-corrected chi connectivity index (χ1v) is 7.11. The minimum atomic E-state index is -0.960. The molecule has 3 rings (SSSR count). The summed E-state index contributed by atoms with van der Waals surface area (Å²) in [5.74, 6) is -0.282. The molecule has 6 nitrogen and oxygen atoms in total. The van der Waals surface area contributed by atoms with Gasteiger partial charge in [0.2, 0.25) is 5.91 Å². The van der Waals surface area contributed by atoms with Crippen LogP contribution in [-0.4, -0.2) is 53.7 Å². The first kappa shape index (κ1) is 13.9. The lowest BCUT2D eigenvalue weighted by atomic mass is 10.1. The minimum absolute atomic E-state index is 0.0235. The summed E-state index contributed by atoms with van der Waals surface area (Å²) in [6.45, 7) is 1.77. The van der Waals surface area contributed by atoms with E-state index in [-0.39, 0.29) is 18.4 Å². The molecule has 112 valence electrons. The highest BCUT2D eigenvalue weighted by molar-refractivity contribution is 5.86. The van der Waals surface area contributed by atoms with Crippen LogP contribution in [0.15, 0.2) is 24.3 Å². The van der Waals surface area contributed by atoms with Gasteiger partial charge in [-0.1, -0.05) is 18.2 Å². The van der Waals surface area contributed by atoms with E-state index in [9.17, 15) is 9.59 Å². The van der Waals surface area contributed by atoms with Gasteiger partial charge in [0.05, 0.1) is 12.5 Å². The van der Waals surface area contributed by atoms with Crippen molar-refractivity contribution in [1.29, 1.82) is 0 Å². The molecule has 6 heteroatoms. The minimum Gasteiger partial charge on any atom is -0.488 e. The summed E-state index contributed by atoms with van der Waals surface area (Å²) in [5.41, 5.74) is 1.17. The monoisotopic (exact) mass is 290 g/mol. The van der Waals surface area contributed by atoms with Crippen molar-refractivity contribution in [3.63, 3.8) is 0 Å². The molecule has 0 aromatic heterocycles. The maximum absolute atomic E-state index is 11.9. The summed E-state index contributed by atoms with van der Waals surface area (Å²) in [6, 6.07) is 7.28. The van der Waals surface area contributed by atoms with Crippen molar-refractivity contribution in [1.82, 2.24) is 10.2 Å². The Hall–Kier alpha value is -2.08. The molecule has 0 saturated carbocycles. The second-order valence-electron chi connectivity index (χ2n) is 5.45. The smallest absolute Gasteiger partial charge is 0.305 e. The number of amides is 1. The third kappa shape index (κ3) is 3.00. The van der Waals surface area contributed by atoms with Gasteiger partial charge in [0.25, 0.3) is 0 Å². The number of fused-ring (bicyclic) bond motifs is 1. The van der Waals surface area contributed by atoms with Crippen LogP contribution in [0.5, 0.6) is 5.75 Å². The molecular weight excluding hydrogens is 272 g/mol. The van der Waals surface area contributed by atoms with Gasteiger partial charge in [0.15, 0.2) is 0 Å². The molecule has 1 fully saturated rings. The number of benzene rings is 1. The van der Waals surface area contributed by atoms with E-state index in [0.29, 0.717) is 19.6 Å². The molecule has 2 aliphatic heterocycles. The van der Waals surface area contributed by atoms with Crippen LogP contribution in [0, 0.1) is 0 Å². The van der Waals surface area contributed by atoms with Gasteiger partial charge < -0.3 is 15.2 Å². The lowest BCUT2D eigenvalue weighted by molar-refractivity contribution is -0.143. The van der Waals surface area contributed by atoms with Gasteiger partial charge in [0.1, 0.15) is 11.9 Å². The summed E-state index contributed by atoms with van der Waals surface area (Å²) >= 11 is 0. The van der Waals surface area contributed by atoms with E-state index in [4.69, 9.17) is 9.84 Å². The van der Waals surface area contributed by atoms with Crippen molar-refractivity contribution in [2.24, 2.45) is 0 Å². The van der Waals surface area contributed by atoms with Crippen molar-refractivity contribution in [2.45, 2.75) is 25.0 Å². The van der Waals surface area contributed by atoms with Crippen molar-refractivity contribution in [3.8, 4) is 5.75 Å². The Morgan fingerprint density at radius 2 is 2.24 bits per heavy atom. The summed E-state index contributed by atoms with van der Waals surface area (Å²) in [7, 11) is 0. The van der Waals surface area contributed by atoms with Crippen molar-refractivity contribution in [2.75, 3.05) is 19.6 Å². The molecule has 0 bridgehead atoms. The summed E-state index contributed by atoms with van der Waals surface area (Å²) < 4.78 is 5.88. The quantitative estimate of drug-likeness (QED) is 0.832. The number of carbonyl (C=O) groups is 2. The van der Waals surface area contributed by atoms with Gasteiger partial charge in [-0.15, -0.1) is 0 Å². The molecule has 1 amide bonds. The van der Waals surface area contributed by atoms with Gasteiger partial charge >= 0.3 is 5.97 Å². The largest absolute Gasteiger partial charge is 0.488 e. The Morgan fingerprint density at radius 3 is 3.00 bits per heavy atom. The number of para-hydroxylation sites is 1. The number of aliphatic carboxylic acids is 1. The molecule has 0 aliphatic carbocycles. The Bertz CT molecular complexity index is 535. The van der Waals surface area contributed by atoms with Crippen molar-refractivity contribution in [3.05, 3.63) is 29.8 Å². The number of carboxylic acids is 1. The topological polar surface area (TPSA) is 78.9 Å². The zero-order valence-corrected chi connectivity index (χ0v) is 11.6. The van der Waals surface area contributed by atoms with Crippen LogP contribution in [0.3, 0.4) is 0 Å². The zero-order chi connectivity index (χ0) is 14.8. The standard InChI is InChI=1S/C15H18N2O4/c18-14(19)8-12-15(20)16-5-6-17(12)9-11-7-10-3-1-2-4-13(10)21-11/h1-4,11-12H,5-9H2,(H,16,20)(H,18,19). The lowest BCUT2D eigenvalue weighted by Gasteiger charge is -2.35. The molecule has 2 N–H and O–H groups in total. The number of carbonyl (C=O) groups excluding carboxylic acids is 1. The Balaban J connectivity index is 1.66. The maximum Gasteiger partial charge on any atom is 0.305 e. The number of hydrogen-bond donors (Lipinski definition) is 2. The molecule has 21 heavy (non-hydrogen) atoms. The van der Waals surface area contributed by atoms with Crippen LogP contribution in [0.4, 0.5) is 0 Å². The SMILES string of the molecule is O=C(O)CC1C(=O)NCCN1CC1Cc2ccccc2O1. The van der Waals surface area contributed by atoms with Crippen LogP contribution in [0.1, 0.15) is 12.0 Å². The predicted molar refractivity (Wildman–Crippen MR) is 75.2 cm³/mol. The van der Waals surface area contributed by atoms with Crippen molar-refractivity contribution >= 4 is 11.9 Å². The zero-order valence-electron chi connectivity index (χ0n) is 11.6. The molecule has 1 saturated heterocycles. The van der Waals surface area contributed by atoms with Gasteiger partial charge in [-0.3, -0.25) is 14.5 Å². The number of nitrogens with one attached hydrogen (secondary N) is 1. The second-order valence-corrected chi connectivity index (χ2v) is 5.45. The highest BCUT2D eigenvalue weighted by atomic mass is 16.5. The van der Waals surface area contributed by atoms with Crippen molar-refractivity contribution < 1.29 is 19.4 Å². The van der Waals surface area contributed by atoms with Crippen LogP contribution in [-0.2, 0) is 16.0 Å². The number of carboxylic acid groups (broad SMARTS) is 1. The molecule has 1 aromatic rings. The fourth-order valence-electron chi connectivity index (χ4n) is 2.99. The van der Waals surface area contributed by atoms with Crippen LogP contribution in [0.25, 0.3) is 0 Å². The number of ether oxygens (including phenoxy) is 1. The maximum atomic E-state index is 11.9. The number of rotatable bonds is 4. The molecule has 0 radical (unpaired) electrons. The van der Waals surface area contributed by atoms with E-state index in [1.54, 1.807) is 0 Å². The fraction of sp³-hybridized carbons (Fsp3) is 0.467. The van der Waals surface area contributed by atoms with Crippen LogP contribution in [0.2, 0.25) is 0 Å². The van der Waals surface area contributed by atoms with Crippen LogP contribution < -0.4 is 10.1 Å². The Labute approximate surface area is 122 Å². The highest BCUT2D eigenvalue weighted by Crippen LogP contribution is 2.29. The summed E-state index contributed by atoms with van der Waals surface area (Å²) in [5, 5.41) is 11.7. The molecule has 0 spiro atoms. The first-order chi connectivity index (χ1) is 10.1. The Kier molecular flexibility index (Phi) is 3.79. The normalized spacial score (nSPS) is 25.0. The van der Waals surface area contributed by atoms with Gasteiger partial charge in [-0.25, -0.2) is 0 Å². The Morgan fingerprint density at radius 1 is 1.43 bits per heavy atom. The summed E-state index contributed by atoms with van der Waals surface area (Å²) in [6.07, 6.45) is 0.601. The number of hydrogen-bond acceptors (Lipinski definition) is 4. The van der Waals surface area contributed by atoms with Gasteiger partial charge in [-0.2, -0.15) is 0 Å². The fourth-order valence-corrected chi connectivity index (χ4v) is 2.99. The highest BCUT2D eigenvalue weighted by Gasteiger charge is 2.34. The van der Waals surface area contributed by atoms with E-state index in [1.807, 2.05) is 29.2 Å². The first-order valence-electron chi connectivity index (χ1n) is 7.11. The molecule has 2 aliphatic rings. The van der Waals surface area contributed by atoms with E-state index < -0.39 is 12.0 Å². The van der Waals surface area contributed by atoms with Crippen LogP contribution >= 0.6 is 0 Å². The van der Waals surface area contributed by atoms with E-state index in [1.165, 1.54) is 5.56 Å². The molecule has 2 heterocycles. The molecule has 1 aromatic carbocycles. The third-order valence-electron chi connectivity index (χ3n) is 3.96. The third-order valence-corrected chi connectivity index (χ3v) is 3.96. The summed E-state index contributed by atoms with van der Waals surface area (Å²) in [4.78, 5) is 24.7. The number of piperazine rings is 1. The second kappa shape index (κ2) is 5.73. The average Bonchev–Trinajstić information content (AvgIpc) is 2.84. The molecule has 2 atom stereocenters. The lowest BCUT2D eigenvalue weighted by Crippen LogP contribution is -2.57.